The quantitative estimate of drug-likeness (QED) is 0.541. The number of aromatic nitrogens is 2. The van der Waals surface area contributed by atoms with E-state index in [4.69, 9.17) is 0 Å². The summed E-state index contributed by atoms with van der Waals surface area (Å²) in [5.41, 5.74) is 3.83. The van der Waals surface area contributed by atoms with E-state index in [1.54, 1.807) is 6.07 Å². The van der Waals surface area contributed by atoms with Gasteiger partial charge in [-0.15, -0.1) is 0 Å². The summed E-state index contributed by atoms with van der Waals surface area (Å²) in [5, 5.41) is 14.8. The molecule has 0 radical (unpaired) electrons. The van der Waals surface area contributed by atoms with Crippen molar-refractivity contribution in [3.8, 4) is 0 Å². The molecular formula is C19H20N4O3. The normalized spacial score (nSPS) is 12.1. The number of H-pyrrole nitrogens is 1. The molecule has 2 aromatic carbocycles. The minimum atomic E-state index is -0.488. The largest absolute Gasteiger partial charge is 0.377 e. The van der Waals surface area contributed by atoms with Crippen LogP contribution in [0.3, 0.4) is 0 Å². The van der Waals surface area contributed by atoms with Crippen LogP contribution in [0.1, 0.15) is 23.6 Å². The average molecular weight is 352 g/mol. The maximum atomic E-state index is 11.9. The molecule has 0 aliphatic heterocycles. The van der Waals surface area contributed by atoms with E-state index in [-0.39, 0.29) is 17.1 Å². The maximum absolute atomic E-state index is 11.9. The molecule has 2 N–H and O–H groups in total. The molecule has 1 aromatic heterocycles. The van der Waals surface area contributed by atoms with Crippen LogP contribution in [0, 0.1) is 24.0 Å². The number of anilines is 1. The first kappa shape index (κ1) is 17.6. The second-order valence-corrected chi connectivity index (χ2v) is 6.55. The van der Waals surface area contributed by atoms with E-state index < -0.39 is 10.5 Å². The molecule has 1 atom stereocenters. The van der Waals surface area contributed by atoms with Gasteiger partial charge in [-0.2, -0.15) is 0 Å². The number of nitro groups is 1. The van der Waals surface area contributed by atoms with Crippen LogP contribution in [0.5, 0.6) is 0 Å². The van der Waals surface area contributed by atoms with Crippen molar-refractivity contribution in [3.05, 3.63) is 73.8 Å². The molecule has 0 saturated heterocycles. The average Bonchev–Trinajstić information content (AvgIpc) is 2.57. The fourth-order valence-corrected chi connectivity index (χ4v) is 3.09. The minimum absolute atomic E-state index is 0.0328. The van der Waals surface area contributed by atoms with E-state index in [1.165, 1.54) is 29.1 Å². The van der Waals surface area contributed by atoms with E-state index in [1.807, 2.05) is 13.8 Å². The van der Waals surface area contributed by atoms with Crippen molar-refractivity contribution < 1.29 is 4.92 Å². The molecule has 0 bridgehead atoms. The Hall–Kier alpha value is -3.22. The third-order valence-corrected chi connectivity index (χ3v) is 4.38. The van der Waals surface area contributed by atoms with Crippen molar-refractivity contribution in [1.82, 2.24) is 9.97 Å². The number of aryl methyl sites for hydroxylation is 2. The number of aromatic amines is 1. The molecule has 26 heavy (non-hydrogen) atoms. The smallest absolute Gasteiger partial charge is 0.293 e. The SMILES string of the molecule is Cc1ccc(CC(C)Nc2cc3nc[nH]c(=O)c3cc2[N+](=O)[O-])c(C)c1. The maximum Gasteiger partial charge on any atom is 0.293 e. The van der Waals surface area contributed by atoms with Crippen LogP contribution >= 0.6 is 0 Å². The number of hydrogen-bond acceptors (Lipinski definition) is 5. The Morgan fingerprint density at radius 3 is 2.73 bits per heavy atom. The zero-order chi connectivity index (χ0) is 18.8. The number of hydrogen-bond donors (Lipinski definition) is 2. The first-order valence-corrected chi connectivity index (χ1v) is 8.33. The Bertz CT molecular complexity index is 1040. The van der Waals surface area contributed by atoms with Crippen molar-refractivity contribution in [2.75, 3.05) is 5.32 Å². The first-order valence-electron chi connectivity index (χ1n) is 8.33. The zero-order valence-corrected chi connectivity index (χ0v) is 14.9. The predicted molar refractivity (Wildman–Crippen MR) is 102 cm³/mol. The van der Waals surface area contributed by atoms with Crippen LogP contribution in [0.4, 0.5) is 11.4 Å². The lowest BCUT2D eigenvalue weighted by Crippen LogP contribution is -2.19. The number of rotatable bonds is 5. The lowest BCUT2D eigenvalue weighted by atomic mass is 9.99. The summed E-state index contributed by atoms with van der Waals surface area (Å²) in [6.07, 6.45) is 2.02. The Morgan fingerprint density at radius 1 is 1.27 bits per heavy atom. The standard InChI is InChI=1S/C19H20N4O3/c1-11-4-5-14(12(2)6-11)7-13(3)22-17-9-16-15(8-18(17)23(25)26)19(24)21-10-20-16/h4-6,8-10,13,22H,7H2,1-3H3,(H,20,21,24). The van der Waals surface area contributed by atoms with Gasteiger partial charge in [0.2, 0.25) is 0 Å². The highest BCUT2D eigenvalue weighted by Crippen LogP contribution is 2.29. The van der Waals surface area contributed by atoms with Gasteiger partial charge in [0, 0.05) is 12.1 Å². The van der Waals surface area contributed by atoms with E-state index in [9.17, 15) is 14.9 Å². The third kappa shape index (κ3) is 3.56. The van der Waals surface area contributed by atoms with Gasteiger partial charge in [-0.25, -0.2) is 4.98 Å². The number of fused-ring (bicyclic) bond motifs is 1. The molecule has 0 amide bonds. The minimum Gasteiger partial charge on any atom is -0.377 e. The Morgan fingerprint density at radius 2 is 2.04 bits per heavy atom. The summed E-state index contributed by atoms with van der Waals surface area (Å²) in [4.78, 5) is 29.3. The molecule has 0 aliphatic carbocycles. The number of nitro benzene ring substituents is 1. The third-order valence-electron chi connectivity index (χ3n) is 4.38. The van der Waals surface area contributed by atoms with Gasteiger partial charge in [-0.3, -0.25) is 14.9 Å². The van der Waals surface area contributed by atoms with Crippen molar-refractivity contribution in [1.29, 1.82) is 0 Å². The summed E-state index contributed by atoms with van der Waals surface area (Å²) in [5.74, 6) is 0. The van der Waals surface area contributed by atoms with Crippen molar-refractivity contribution >= 4 is 22.3 Å². The van der Waals surface area contributed by atoms with Crippen LogP contribution in [0.15, 0.2) is 41.5 Å². The monoisotopic (exact) mass is 352 g/mol. The number of benzene rings is 2. The van der Waals surface area contributed by atoms with Gasteiger partial charge in [0.25, 0.3) is 11.2 Å². The molecule has 7 heteroatoms. The van der Waals surface area contributed by atoms with Gasteiger partial charge in [-0.05, 0) is 44.4 Å². The van der Waals surface area contributed by atoms with Gasteiger partial charge in [0.15, 0.2) is 0 Å². The summed E-state index contributed by atoms with van der Waals surface area (Å²) in [6.45, 7) is 6.08. The molecule has 0 fully saturated rings. The molecule has 0 saturated carbocycles. The molecule has 3 rings (SSSR count). The molecule has 0 aliphatic rings. The molecule has 1 heterocycles. The van der Waals surface area contributed by atoms with Crippen LogP contribution < -0.4 is 10.9 Å². The van der Waals surface area contributed by atoms with Crippen molar-refractivity contribution in [3.63, 3.8) is 0 Å². The van der Waals surface area contributed by atoms with Gasteiger partial charge in [-0.1, -0.05) is 23.8 Å². The number of nitrogens with zero attached hydrogens (tertiary/aromatic N) is 2. The van der Waals surface area contributed by atoms with E-state index in [2.05, 4.69) is 40.4 Å². The molecule has 1 unspecified atom stereocenters. The fraction of sp³-hybridized carbons (Fsp3) is 0.263. The van der Waals surface area contributed by atoms with Gasteiger partial charge in [0.1, 0.15) is 5.69 Å². The molecule has 0 spiro atoms. The van der Waals surface area contributed by atoms with Crippen LogP contribution in [0.2, 0.25) is 0 Å². The Labute approximate surface area is 150 Å². The Balaban J connectivity index is 1.93. The summed E-state index contributed by atoms with van der Waals surface area (Å²) in [7, 11) is 0. The molecule has 134 valence electrons. The first-order chi connectivity index (χ1) is 12.3. The highest BCUT2D eigenvalue weighted by Gasteiger charge is 2.19. The van der Waals surface area contributed by atoms with E-state index in [0.29, 0.717) is 11.2 Å². The summed E-state index contributed by atoms with van der Waals surface area (Å²) in [6, 6.07) is 9.06. The van der Waals surface area contributed by atoms with Crippen LogP contribution in [0.25, 0.3) is 10.9 Å². The Kier molecular flexibility index (Phi) is 4.71. The highest BCUT2D eigenvalue weighted by molar-refractivity contribution is 5.86. The van der Waals surface area contributed by atoms with Gasteiger partial charge >= 0.3 is 0 Å². The van der Waals surface area contributed by atoms with Crippen LogP contribution in [-0.2, 0) is 6.42 Å². The molecule has 7 nitrogen and oxygen atoms in total. The topological polar surface area (TPSA) is 101 Å². The van der Waals surface area contributed by atoms with Gasteiger partial charge < -0.3 is 10.3 Å². The molecular weight excluding hydrogens is 332 g/mol. The molecule has 3 aromatic rings. The second kappa shape index (κ2) is 6.95. The summed E-state index contributed by atoms with van der Waals surface area (Å²) < 4.78 is 0. The lowest BCUT2D eigenvalue weighted by Gasteiger charge is -2.17. The van der Waals surface area contributed by atoms with Crippen LogP contribution in [-0.4, -0.2) is 20.9 Å². The zero-order valence-electron chi connectivity index (χ0n) is 14.9. The predicted octanol–water partition coefficient (Wildman–Crippen LogP) is 3.49. The fourth-order valence-electron chi connectivity index (χ4n) is 3.09. The van der Waals surface area contributed by atoms with Gasteiger partial charge in [0.05, 0.1) is 22.2 Å². The van der Waals surface area contributed by atoms with E-state index >= 15 is 0 Å². The number of nitrogens with one attached hydrogen (secondary N) is 2. The second-order valence-electron chi connectivity index (χ2n) is 6.55. The summed E-state index contributed by atoms with van der Waals surface area (Å²) >= 11 is 0. The van der Waals surface area contributed by atoms with Crippen molar-refractivity contribution in [2.24, 2.45) is 0 Å². The van der Waals surface area contributed by atoms with Crippen molar-refractivity contribution in [2.45, 2.75) is 33.2 Å². The van der Waals surface area contributed by atoms with E-state index in [0.717, 1.165) is 6.42 Å². The highest BCUT2D eigenvalue weighted by atomic mass is 16.6. The lowest BCUT2D eigenvalue weighted by molar-refractivity contribution is -0.383.